The molecular weight excluding hydrogens is 414 g/mol. The number of carbonyl (C=O) groups excluding carboxylic acids is 4. The number of imidazole rings is 1. The van der Waals surface area contributed by atoms with Crippen molar-refractivity contribution in [3.63, 3.8) is 0 Å². The Balaban J connectivity index is 2.03. The summed E-state index contributed by atoms with van der Waals surface area (Å²) in [4.78, 5) is 54.5. The van der Waals surface area contributed by atoms with Gasteiger partial charge < -0.3 is 28.7 Å². The van der Waals surface area contributed by atoms with Gasteiger partial charge in [0.2, 0.25) is 0 Å². The van der Waals surface area contributed by atoms with Crippen molar-refractivity contribution in [3.8, 4) is 0 Å². The molecule has 0 aliphatic carbocycles. The van der Waals surface area contributed by atoms with Crippen molar-refractivity contribution >= 4 is 29.6 Å². The van der Waals surface area contributed by atoms with Crippen LogP contribution in [0.25, 0.3) is 0 Å². The summed E-state index contributed by atoms with van der Waals surface area (Å²) in [7, 11) is 3.21. The highest BCUT2D eigenvalue weighted by Crippen LogP contribution is 2.39. The van der Waals surface area contributed by atoms with Crippen LogP contribution in [0.2, 0.25) is 0 Å². The van der Waals surface area contributed by atoms with Crippen molar-refractivity contribution in [2.24, 2.45) is 5.73 Å². The lowest BCUT2D eigenvalue weighted by molar-refractivity contribution is -0.166. The van der Waals surface area contributed by atoms with E-state index < -0.39 is 54.6 Å². The first-order valence-corrected chi connectivity index (χ1v) is 9.48. The van der Waals surface area contributed by atoms with Crippen LogP contribution in [0.5, 0.6) is 0 Å². The Morgan fingerprint density at radius 3 is 2.26 bits per heavy atom. The molecule has 13 nitrogen and oxygen atoms in total. The summed E-state index contributed by atoms with van der Waals surface area (Å²) in [5.41, 5.74) is 6.24. The Bertz CT molecular complexity index is 902. The van der Waals surface area contributed by atoms with E-state index in [4.69, 9.17) is 24.7 Å². The van der Waals surface area contributed by atoms with E-state index in [-0.39, 0.29) is 12.3 Å². The maximum atomic E-state index is 12.6. The molecule has 1 saturated heterocycles. The molecule has 170 valence electrons. The number of nitrogens with zero attached hydrogens (tertiary/aromatic N) is 4. The molecule has 5 atom stereocenters. The minimum Gasteiger partial charge on any atom is -0.463 e. The molecule has 3 heterocycles. The molecule has 3 rings (SSSR count). The summed E-state index contributed by atoms with van der Waals surface area (Å²) in [6, 6.07) is 0. The molecule has 2 aliphatic heterocycles. The van der Waals surface area contributed by atoms with Gasteiger partial charge in [0.25, 0.3) is 5.91 Å². The maximum absolute atomic E-state index is 12.6. The van der Waals surface area contributed by atoms with Gasteiger partial charge in [0, 0.05) is 34.9 Å². The SMILES string of the molecule is CC(=O)OC[C@H]1O[C@@H](n2cnc3c2N(C)C(N)N(C)C3=O)[C@H](OC(C)=O)[C@@H]1OC(C)=O. The van der Waals surface area contributed by atoms with Crippen molar-refractivity contribution in [2.75, 3.05) is 25.6 Å². The second-order valence-corrected chi connectivity index (χ2v) is 7.28. The number of hydrogen-bond acceptors (Lipinski definition) is 11. The zero-order valence-corrected chi connectivity index (χ0v) is 17.8. The second-order valence-electron chi connectivity index (χ2n) is 7.28. The first-order valence-electron chi connectivity index (χ1n) is 9.48. The Morgan fingerprint density at radius 2 is 1.68 bits per heavy atom. The van der Waals surface area contributed by atoms with Gasteiger partial charge in [-0.2, -0.15) is 0 Å². The number of carbonyl (C=O) groups is 4. The summed E-state index contributed by atoms with van der Waals surface area (Å²) in [5, 5.41) is 0. The average Bonchev–Trinajstić information content (AvgIpc) is 3.25. The zero-order chi connectivity index (χ0) is 23.0. The molecule has 2 aliphatic rings. The van der Waals surface area contributed by atoms with Crippen molar-refractivity contribution < 1.29 is 38.1 Å². The maximum Gasteiger partial charge on any atom is 0.303 e. The van der Waals surface area contributed by atoms with Crippen LogP contribution in [-0.2, 0) is 33.3 Å². The number of nitrogens with two attached hydrogens (primary N) is 1. The normalized spacial score (nSPS) is 27.7. The number of hydrogen-bond donors (Lipinski definition) is 1. The number of ether oxygens (including phenoxy) is 4. The number of amides is 1. The Labute approximate surface area is 177 Å². The lowest BCUT2D eigenvalue weighted by Crippen LogP contribution is -2.57. The number of rotatable bonds is 5. The summed E-state index contributed by atoms with van der Waals surface area (Å²) in [6.45, 7) is 3.38. The van der Waals surface area contributed by atoms with Gasteiger partial charge in [0.05, 0.1) is 6.33 Å². The lowest BCUT2D eigenvalue weighted by atomic mass is 10.1. The van der Waals surface area contributed by atoms with Gasteiger partial charge in [0.1, 0.15) is 18.5 Å². The number of aromatic nitrogens is 2. The molecule has 31 heavy (non-hydrogen) atoms. The molecule has 0 aromatic carbocycles. The minimum atomic E-state index is -1.10. The molecule has 1 amide bonds. The fraction of sp³-hybridized carbons (Fsp3) is 0.611. The number of esters is 3. The van der Waals surface area contributed by atoms with Crippen LogP contribution >= 0.6 is 0 Å². The standard InChI is InChI=1S/C18H25N5O8/c1-8(24)28-6-11-13(29-9(2)25)14(30-10(3)26)17(31-11)23-7-20-12-15(23)21(4)18(19)22(5)16(12)27/h7,11,13-14,17-18H,6,19H2,1-5H3/t11-,13-,14-,17-,18?/m1/s1. The fourth-order valence-electron chi connectivity index (χ4n) is 3.63. The van der Waals surface area contributed by atoms with E-state index in [0.29, 0.717) is 5.82 Å². The van der Waals surface area contributed by atoms with E-state index in [1.54, 1.807) is 19.0 Å². The highest BCUT2D eigenvalue weighted by molar-refractivity contribution is 5.99. The molecule has 0 bridgehead atoms. The van der Waals surface area contributed by atoms with Crippen LogP contribution in [0.3, 0.4) is 0 Å². The van der Waals surface area contributed by atoms with Crippen LogP contribution in [0.1, 0.15) is 37.5 Å². The summed E-state index contributed by atoms with van der Waals surface area (Å²) < 4.78 is 23.3. The van der Waals surface area contributed by atoms with E-state index in [1.165, 1.54) is 36.6 Å². The van der Waals surface area contributed by atoms with Crippen molar-refractivity contribution in [3.05, 3.63) is 12.0 Å². The van der Waals surface area contributed by atoms with Crippen molar-refractivity contribution in [1.82, 2.24) is 14.5 Å². The molecule has 2 N–H and O–H groups in total. The Hall–Kier alpha value is -3.19. The topological polar surface area (TPSA) is 156 Å². The van der Waals surface area contributed by atoms with Gasteiger partial charge in [0.15, 0.2) is 30.4 Å². The first kappa shape index (κ1) is 22.5. The molecule has 0 radical (unpaired) electrons. The summed E-state index contributed by atoms with van der Waals surface area (Å²) in [6.07, 6.45) is -3.54. The van der Waals surface area contributed by atoms with Crippen LogP contribution in [0.15, 0.2) is 6.33 Å². The first-order chi connectivity index (χ1) is 14.5. The van der Waals surface area contributed by atoms with Crippen LogP contribution < -0.4 is 10.6 Å². The summed E-state index contributed by atoms with van der Waals surface area (Å²) in [5.74, 6) is -1.89. The molecule has 1 unspecified atom stereocenters. The molecule has 1 fully saturated rings. The Kier molecular flexibility index (Phi) is 6.18. The van der Waals surface area contributed by atoms with Gasteiger partial charge in [-0.05, 0) is 0 Å². The van der Waals surface area contributed by atoms with Gasteiger partial charge in [-0.25, -0.2) is 4.98 Å². The van der Waals surface area contributed by atoms with E-state index in [1.807, 2.05) is 0 Å². The fourth-order valence-corrected chi connectivity index (χ4v) is 3.63. The largest absolute Gasteiger partial charge is 0.463 e. The van der Waals surface area contributed by atoms with Gasteiger partial charge in [-0.1, -0.05) is 0 Å². The number of anilines is 1. The highest BCUT2D eigenvalue weighted by atomic mass is 16.7. The number of fused-ring (bicyclic) bond motifs is 1. The monoisotopic (exact) mass is 439 g/mol. The van der Waals surface area contributed by atoms with E-state index in [9.17, 15) is 19.2 Å². The lowest BCUT2D eigenvalue weighted by Gasteiger charge is -2.38. The van der Waals surface area contributed by atoms with Crippen LogP contribution in [-0.4, -0.2) is 83.6 Å². The highest BCUT2D eigenvalue weighted by Gasteiger charge is 2.52. The van der Waals surface area contributed by atoms with Gasteiger partial charge in [-0.3, -0.25) is 29.5 Å². The minimum absolute atomic E-state index is 0.129. The third kappa shape index (κ3) is 4.18. The quantitative estimate of drug-likeness (QED) is 0.442. The second kappa shape index (κ2) is 8.51. The predicted octanol–water partition coefficient (Wildman–Crippen LogP) is -1.03. The van der Waals surface area contributed by atoms with E-state index in [0.717, 1.165) is 0 Å². The third-order valence-electron chi connectivity index (χ3n) is 5.03. The molecule has 0 spiro atoms. The molecule has 1 aromatic rings. The van der Waals surface area contributed by atoms with Crippen LogP contribution in [0.4, 0.5) is 5.82 Å². The van der Waals surface area contributed by atoms with Gasteiger partial charge in [-0.15, -0.1) is 0 Å². The molecule has 1 aromatic heterocycles. The van der Waals surface area contributed by atoms with Gasteiger partial charge >= 0.3 is 17.9 Å². The van der Waals surface area contributed by atoms with E-state index in [2.05, 4.69) is 4.98 Å². The molecule has 13 heteroatoms. The average molecular weight is 439 g/mol. The van der Waals surface area contributed by atoms with Crippen LogP contribution in [0, 0.1) is 0 Å². The third-order valence-corrected chi connectivity index (χ3v) is 5.03. The van der Waals surface area contributed by atoms with Crippen molar-refractivity contribution in [1.29, 1.82) is 0 Å². The smallest absolute Gasteiger partial charge is 0.303 e. The summed E-state index contributed by atoms with van der Waals surface area (Å²) >= 11 is 0. The van der Waals surface area contributed by atoms with Crippen molar-refractivity contribution in [2.45, 2.75) is 51.6 Å². The predicted molar refractivity (Wildman–Crippen MR) is 102 cm³/mol. The molecule has 0 saturated carbocycles. The zero-order valence-electron chi connectivity index (χ0n) is 17.8. The molecular formula is C18H25N5O8. The Morgan fingerprint density at radius 1 is 1.06 bits per heavy atom. The van der Waals surface area contributed by atoms with E-state index >= 15 is 0 Å².